The van der Waals surface area contributed by atoms with Gasteiger partial charge in [-0.25, -0.2) is 23.5 Å². The van der Waals surface area contributed by atoms with Crippen molar-refractivity contribution in [3.8, 4) is 11.3 Å². The monoisotopic (exact) mass is 604 g/mol. The molecule has 0 radical (unpaired) electrons. The summed E-state index contributed by atoms with van der Waals surface area (Å²) in [6.45, 7) is 1.86. The number of hydrogen-bond acceptors (Lipinski definition) is 7. The molecule has 12 heteroatoms. The van der Waals surface area contributed by atoms with E-state index >= 15 is 0 Å². The first kappa shape index (κ1) is 29.7. The van der Waals surface area contributed by atoms with Gasteiger partial charge in [0.05, 0.1) is 23.5 Å². The van der Waals surface area contributed by atoms with E-state index in [0.29, 0.717) is 33.1 Å². The molecule has 0 saturated carbocycles. The minimum Gasteiger partial charge on any atom is -0.480 e. The highest BCUT2D eigenvalue weighted by Gasteiger charge is 2.37. The second-order valence-electron chi connectivity index (χ2n) is 9.95. The van der Waals surface area contributed by atoms with E-state index in [4.69, 9.17) is 17.3 Å². The molecule has 1 aliphatic rings. The SMILES string of the molecule is CC[C@](CCN)(NC(=O)c1ccc(Nc2ncc3c(n2)-c2ccc(Cl)cc2C(c2c(F)cccc2F)=NC3)cc1)C(=O)O. The Hall–Kier alpha value is -4.74. The van der Waals surface area contributed by atoms with E-state index in [2.05, 4.69) is 25.6 Å². The van der Waals surface area contributed by atoms with E-state index in [1.807, 2.05) is 0 Å². The predicted molar refractivity (Wildman–Crippen MR) is 160 cm³/mol. The molecule has 4 aromatic rings. The molecule has 1 atom stereocenters. The summed E-state index contributed by atoms with van der Waals surface area (Å²) in [4.78, 5) is 38.3. The van der Waals surface area contributed by atoms with Crippen molar-refractivity contribution in [1.29, 1.82) is 0 Å². The van der Waals surface area contributed by atoms with E-state index in [0.717, 1.165) is 0 Å². The van der Waals surface area contributed by atoms with Crippen molar-refractivity contribution in [2.24, 2.45) is 10.7 Å². The summed E-state index contributed by atoms with van der Waals surface area (Å²) in [7, 11) is 0. The Morgan fingerprint density at radius 3 is 2.44 bits per heavy atom. The molecule has 0 unspecified atom stereocenters. The number of aromatic nitrogens is 2. The highest BCUT2D eigenvalue weighted by Crippen LogP contribution is 2.34. The number of anilines is 2. The maximum absolute atomic E-state index is 14.8. The Labute approximate surface area is 250 Å². The van der Waals surface area contributed by atoms with Crippen molar-refractivity contribution in [3.05, 3.63) is 106 Å². The van der Waals surface area contributed by atoms with E-state index in [-0.39, 0.29) is 48.7 Å². The maximum Gasteiger partial charge on any atom is 0.329 e. The number of carbonyl (C=O) groups is 2. The van der Waals surface area contributed by atoms with Gasteiger partial charge < -0.3 is 21.5 Å². The van der Waals surface area contributed by atoms with Crippen LogP contribution >= 0.6 is 11.6 Å². The van der Waals surface area contributed by atoms with Crippen LogP contribution < -0.4 is 16.4 Å². The molecule has 0 saturated heterocycles. The van der Waals surface area contributed by atoms with Crippen LogP contribution in [-0.2, 0) is 11.3 Å². The number of carbonyl (C=O) groups excluding carboxylic acids is 1. The Bertz CT molecular complexity index is 1730. The summed E-state index contributed by atoms with van der Waals surface area (Å²) < 4.78 is 29.6. The van der Waals surface area contributed by atoms with E-state index < -0.39 is 29.0 Å². The highest BCUT2D eigenvalue weighted by atomic mass is 35.5. The third-order valence-corrected chi connectivity index (χ3v) is 7.54. The van der Waals surface area contributed by atoms with Gasteiger partial charge in [0.2, 0.25) is 5.95 Å². The number of rotatable bonds is 9. The first-order chi connectivity index (χ1) is 20.7. The zero-order chi connectivity index (χ0) is 30.7. The predicted octanol–water partition coefficient (Wildman–Crippen LogP) is 5.48. The third kappa shape index (κ3) is 5.95. The lowest BCUT2D eigenvalue weighted by Crippen LogP contribution is -2.55. The Morgan fingerprint density at radius 1 is 1.07 bits per heavy atom. The van der Waals surface area contributed by atoms with Crippen molar-refractivity contribution >= 4 is 40.8 Å². The topological polar surface area (TPSA) is 143 Å². The van der Waals surface area contributed by atoms with Crippen LogP contribution in [-0.4, -0.2) is 44.7 Å². The molecule has 5 rings (SSSR count). The normalized spacial score (nSPS) is 13.6. The van der Waals surface area contributed by atoms with E-state index in [9.17, 15) is 23.5 Å². The molecular formula is C31H27ClF2N6O3. The third-order valence-electron chi connectivity index (χ3n) is 7.30. The Morgan fingerprint density at radius 2 is 1.79 bits per heavy atom. The molecule has 1 amide bonds. The first-order valence-corrected chi connectivity index (χ1v) is 13.8. The largest absolute Gasteiger partial charge is 0.480 e. The van der Waals surface area contributed by atoms with Crippen molar-refractivity contribution in [1.82, 2.24) is 15.3 Å². The summed E-state index contributed by atoms with van der Waals surface area (Å²) in [6.07, 6.45) is 1.86. The van der Waals surface area contributed by atoms with E-state index in [1.165, 1.54) is 18.2 Å². The molecule has 5 N–H and O–H groups in total. The lowest BCUT2D eigenvalue weighted by molar-refractivity contribution is -0.144. The molecule has 1 aromatic heterocycles. The number of halogens is 3. The quantitative estimate of drug-likeness (QED) is 0.198. The minimum absolute atomic E-state index is 0.0780. The van der Waals surface area contributed by atoms with Crippen LogP contribution in [0.2, 0.25) is 5.02 Å². The summed E-state index contributed by atoms with van der Waals surface area (Å²) in [5.41, 5.74) is 6.98. The van der Waals surface area contributed by atoms with Gasteiger partial charge in [-0.3, -0.25) is 9.79 Å². The van der Waals surface area contributed by atoms with Crippen LogP contribution in [0.25, 0.3) is 11.3 Å². The first-order valence-electron chi connectivity index (χ1n) is 13.4. The number of carboxylic acid groups (broad SMARTS) is 1. The van der Waals surface area contributed by atoms with Gasteiger partial charge >= 0.3 is 5.97 Å². The zero-order valence-electron chi connectivity index (χ0n) is 23.0. The number of hydrogen-bond donors (Lipinski definition) is 4. The van der Waals surface area contributed by atoms with Crippen LogP contribution in [0.5, 0.6) is 0 Å². The van der Waals surface area contributed by atoms with Gasteiger partial charge in [0.1, 0.15) is 17.2 Å². The molecule has 43 heavy (non-hydrogen) atoms. The van der Waals surface area contributed by atoms with Gasteiger partial charge in [-0.15, -0.1) is 0 Å². The molecular weight excluding hydrogens is 578 g/mol. The Kier molecular flexibility index (Phi) is 8.47. The van der Waals surface area contributed by atoms with Crippen molar-refractivity contribution < 1.29 is 23.5 Å². The molecule has 0 spiro atoms. The van der Waals surface area contributed by atoms with Crippen LogP contribution in [0.15, 0.2) is 71.9 Å². The molecule has 0 bridgehead atoms. The fourth-order valence-corrected chi connectivity index (χ4v) is 5.10. The fourth-order valence-electron chi connectivity index (χ4n) is 4.93. The smallest absolute Gasteiger partial charge is 0.329 e. The number of aliphatic carboxylic acids is 1. The number of aliphatic imine (C=N–C) groups is 1. The number of nitrogens with two attached hydrogens (primary N) is 1. The number of fused-ring (bicyclic) bond motifs is 3. The number of amides is 1. The molecule has 220 valence electrons. The lowest BCUT2D eigenvalue weighted by atomic mass is 9.91. The minimum atomic E-state index is -1.46. The van der Waals surface area contributed by atoms with Gasteiger partial charge in [0, 0.05) is 39.2 Å². The highest BCUT2D eigenvalue weighted by molar-refractivity contribution is 6.31. The number of nitrogens with zero attached hydrogens (tertiary/aromatic N) is 3. The average Bonchev–Trinajstić information content (AvgIpc) is 3.13. The van der Waals surface area contributed by atoms with Gasteiger partial charge in [-0.1, -0.05) is 30.7 Å². The molecule has 0 aliphatic carbocycles. The summed E-state index contributed by atoms with van der Waals surface area (Å²) in [6, 6.07) is 15.0. The summed E-state index contributed by atoms with van der Waals surface area (Å²) in [5, 5.41) is 15.8. The van der Waals surface area contributed by atoms with E-state index in [1.54, 1.807) is 55.6 Å². The standard InChI is InChI=1S/C31H27ClF2N6O3/c1-2-31(12-13-35,29(42)43)40-28(41)17-6-9-20(10-7-17)38-30-37-16-18-15-36-27(25-23(33)4-3-5-24(25)34)22-14-19(32)8-11-21(22)26(18)39-30/h3-11,14,16H,2,12-13,15,35H2,1H3,(H,40,41)(H,42,43)(H,37,38,39)/t31-/m1/s1. The second kappa shape index (κ2) is 12.2. The maximum atomic E-state index is 14.8. The van der Waals surface area contributed by atoms with Crippen LogP contribution in [0, 0.1) is 11.6 Å². The van der Waals surface area contributed by atoms with Crippen molar-refractivity contribution in [2.45, 2.75) is 31.8 Å². The molecule has 2 heterocycles. The van der Waals surface area contributed by atoms with Crippen molar-refractivity contribution in [2.75, 3.05) is 11.9 Å². The number of carboxylic acids is 1. The van der Waals surface area contributed by atoms with Crippen molar-refractivity contribution in [3.63, 3.8) is 0 Å². The van der Waals surface area contributed by atoms with Gasteiger partial charge in [-0.05, 0) is 67.9 Å². The molecule has 9 nitrogen and oxygen atoms in total. The lowest BCUT2D eigenvalue weighted by Gasteiger charge is -2.29. The Balaban J connectivity index is 1.42. The number of nitrogens with one attached hydrogen (secondary N) is 2. The van der Waals surface area contributed by atoms with Crippen LogP contribution in [0.3, 0.4) is 0 Å². The zero-order valence-corrected chi connectivity index (χ0v) is 23.8. The average molecular weight is 605 g/mol. The summed E-state index contributed by atoms with van der Waals surface area (Å²) in [5.74, 6) is -2.94. The van der Waals surface area contributed by atoms with Gasteiger partial charge in [0.25, 0.3) is 5.91 Å². The second-order valence-corrected chi connectivity index (χ2v) is 10.4. The number of benzene rings is 3. The van der Waals surface area contributed by atoms with Gasteiger partial charge in [-0.2, -0.15) is 0 Å². The fraction of sp³-hybridized carbons (Fsp3) is 0.194. The molecule has 3 aromatic carbocycles. The molecule has 0 fully saturated rings. The molecule has 1 aliphatic heterocycles. The van der Waals surface area contributed by atoms with Gasteiger partial charge in [0.15, 0.2) is 0 Å². The van der Waals surface area contributed by atoms with Crippen LogP contribution in [0.4, 0.5) is 20.4 Å². The van der Waals surface area contributed by atoms with Crippen LogP contribution in [0.1, 0.15) is 46.8 Å². The summed E-state index contributed by atoms with van der Waals surface area (Å²) >= 11 is 6.29.